The van der Waals surface area contributed by atoms with Gasteiger partial charge in [-0.2, -0.15) is 0 Å². The minimum absolute atomic E-state index is 0.317. The molecule has 1 atom stereocenters. The van der Waals surface area contributed by atoms with E-state index in [-0.39, 0.29) is 5.92 Å². The number of ether oxygens (including phenoxy) is 1. The fourth-order valence-electron chi connectivity index (χ4n) is 1.02. The highest BCUT2D eigenvalue weighted by Crippen LogP contribution is 2.04. The number of carboxylic acids is 1. The van der Waals surface area contributed by atoms with Crippen LogP contribution in [-0.2, 0) is 9.53 Å². The van der Waals surface area contributed by atoms with Crippen molar-refractivity contribution >= 4 is 12.1 Å². The molecule has 1 unspecified atom stereocenters. The third-order valence-electron chi connectivity index (χ3n) is 2.05. The molecule has 0 bridgehead atoms. The Morgan fingerprint density at radius 2 is 1.94 bits per heavy atom. The lowest BCUT2D eigenvalue weighted by Crippen LogP contribution is -2.27. The molecule has 2 N–H and O–H groups in total. The molecule has 0 radical (unpaired) electrons. The van der Waals surface area contributed by atoms with Gasteiger partial charge in [0.2, 0.25) is 0 Å². The average molecular weight is 231 g/mol. The minimum Gasteiger partial charge on any atom is -0.481 e. The van der Waals surface area contributed by atoms with Gasteiger partial charge in [0.1, 0.15) is 0 Å². The Kier molecular flexibility index (Phi) is 7.33. The second-order valence-electron chi connectivity index (χ2n) is 4.30. The van der Waals surface area contributed by atoms with Crippen molar-refractivity contribution in [2.75, 3.05) is 13.2 Å². The number of alkyl carbamates (subject to hydrolysis) is 1. The number of nitrogens with one attached hydrogen (secondary N) is 1. The molecular formula is C11H21NO4. The zero-order valence-corrected chi connectivity index (χ0v) is 10.2. The molecule has 0 aliphatic rings. The Morgan fingerprint density at radius 1 is 1.31 bits per heavy atom. The first-order chi connectivity index (χ1) is 7.43. The van der Waals surface area contributed by atoms with Gasteiger partial charge in [-0.1, -0.05) is 20.8 Å². The third kappa shape index (κ3) is 8.08. The molecule has 0 fully saturated rings. The van der Waals surface area contributed by atoms with Crippen molar-refractivity contribution in [3.63, 3.8) is 0 Å². The summed E-state index contributed by atoms with van der Waals surface area (Å²) in [4.78, 5) is 21.6. The standard InChI is InChI=1S/C11H21NO4/c1-8(2)7-16-11(15)12-6-4-5-9(3)10(13)14/h8-9H,4-7H2,1-3H3,(H,12,15)(H,13,14). The van der Waals surface area contributed by atoms with E-state index in [1.165, 1.54) is 0 Å². The maximum atomic E-state index is 11.1. The number of hydrogen-bond donors (Lipinski definition) is 2. The van der Waals surface area contributed by atoms with Crippen molar-refractivity contribution in [3.8, 4) is 0 Å². The Balaban J connectivity index is 3.44. The van der Waals surface area contributed by atoms with E-state index < -0.39 is 12.1 Å². The van der Waals surface area contributed by atoms with Crippen molar-refractivity contribution in [1.29, 1.82) is 0 Å². The van der Waals surface area contributed by atoms with E-state index in [2.05, 4.69) is 5.32 Å². The molecule has 0 saturated heterocycles. The van der Waals surface area contributed by atoms with Crippen LogP contribution in [0.5, 0.6) is 0 Å². The van der Waals surface area contributed by atoms with Gasteiger partial charge in [0.25, 0.3) is 0 Å². The summed E-state index contributed by atoms with van der Waals surface area (Å²) in [6.07, 6.45) is 0.765. The van der Waals surface area contributed by atoms with Gasteiger partial charge in [0, 0.05) is 6.54 Å². The number of hydrogen-bond acceptors (Lipinski definition) is 3. The van der Waals surface area contributed by atoms with E-state index in [1.807, 2.05) is 13.8 Å². The third-order valence-corrected chi connectivity index (χ3v) is 2.05. The van der Waals surface area contributed by atoms with Crippen molar-refractivity contribution in [2.24, 2.45) is 11.8 Å². The number of aliphatic carboxylic acids is 1. The summed E-state index contributed by atoms with van der Waals surface area (Å²) in [5.74, 6) is -0.853. The molecule has 0 spiro atoms. The summed E-state index contributed by atoms with van der Waals surface area (Å²) < 4.78 is 4.89. The van der Waals surface area contributed by atoms with Gasteiger partial charge in [-0.25, -0.2) is 4.79 Å². The highest BCUT2D eigenvalue weighted by Gasteiger charge is 2.10. The van der Waals surface area contributed by atoms with Crippen LogP contribution in [-0.4, -0.2) is 30.3 Å². The topological polar surface area (TPSA) is 75.6 Å². The Morgan fingerprint density at radius 3 is 2.44 bits per heavy atom. The summed E-state index contributed by atoms with van der Waals surface area (Å²) in [7, 11) is 0. The summed E-state index contributed by atoms with van der Waals surface area (Å²) in [6.45, 7) is 6.43. The molecule has 0 rings (SSSR count). The fraction of sp³-hybridized carbons (Fsp3) is 0.818. The first-order valence-electron chi connectivity index (χ1n) is 5.57. The van der Waals surface area contributed by atoms with Crippen LogP contribution in [0.2, 0.25) is 0 Å². The molecule has 0 heterocycles. The Bertz CT molecular complexity index is 228. The Labute approximate surface area is 96.2 Å². The molecule has 0 aliphatic carbocycles. The van der Waals surface area contributed by atoms with Crippen LogP contribution in [0.25, 0.3) is 0 Å². The lowest BCUT2D eigenvalue weighted by Gasteiger charge is -2.09. The summed E-state index contributed by atoms with van der Waals surface area (Å²) in [5.41, 5.74) is 0. The molecule has 16 heavy (non-hydrogen) atoms. The molecular weight excluding hydrogens is 210 g/mol. The van der Waals surface area contributed by atoms with Crippen LogP contribution < -0.4 is 5.32 Å². The van der Waals surface area contributed by atoms with Gasteiger partial charge in [-0.3, -0.25) is 4.79 Å². The lowest BCUT2D eigenvalue weighted by molar-refractivity contribution is -0.141. The highest BCUT2D eigenvalue weighted by atomic mass is 16.5. The lowest BCUT2D eigenvalue weighted by atomic mass is 10.1. The zero-order valence-electron chi connectivity index (χ0n) is 10.2. The summed E-state index contributed by atoms with van der Waals surface area (Å²) in [5, 5.41) is 11.2. The summed E-state index contributed by atoms with van der Waals surface area (Å²) in [6, 6.07) is 0. The Hall–Kier alpha value is -1.26. The van der Waals surface area contributed by atoms with Crippen LogP contribution in [0.4, 0.5) is 4.79 Å². The molecule has 5 heteroatoms. The number of carboxylic acid groups (broad SMARTS) is 1. The van der Waals surface area contributed by atoms with E-state index in [0.717, 1.165) is 0 Å². The average Bonchev–Trinajstić information content (AvgIpc) is 2.20. The predicted octanol–water partition coefficient (Wildman–Crippen LogP) is 1.87. The van der Waals surface area contributed by atoms with Crippen LogP contribution in [0, 0.1) is 11.8 Å². The maximum Gasteiger partial charge on any atom is 0.407 e. The van der Waals surface area contributed by atoms with Crippen LogP contribution in [0.1, 0.15) is 33.6 Å². The second kappa shape index (κ2) is 7.96. The van der Waals surface area contributed by atoms with Crippen molar-refractivity contribution in [3.05, 3.63) is 0 Å². The molecule has 0 aromatic carbocycles. The minimum atomic E-state index is -0.803. The largest absolute Gasteiger partial charge is 0.481 e. The number of rotatable bonds is 7. The van der Waals surface area contributed by atoms with Crippen molar-refractivity contribution < 1.29 is 19.4 Å². The zero-order chi connectivity index (χ0) is 12.6. The van der Waals surface area contributed by atoms with E-state index in [1.54, 1.807) is 6.92 Å². The fourth-order valence-corrected chi connectivity index (χ4v) is 1.02. The summed E-state index contributed by atoms with van der Waals surface area (Å²) >= 11 is 0. The molecule has 0 aliphatic heterocycles. The van der Waals surface area contributed by atoms with Gasteiger partial charge in [-0.05, 0) is 18.8 Å². The number of carbonyl (C=O) groups excluding carboxylic acids is 1. The molecule has 0 saturated carbocycles. The van der Waals surface area contributed by atoms with Gasteiger partial charge in [0.05, 0.1) is 12.5 Å². The highest BCUT2D eigenvalue weighted by molar-refractivity contribution is 5.69. The van der Waals surface area contributed by atoms with Gasteiger partial charge in [-0.15, -0.1) is 0 Å². The number of carbonyl (C=O) groups is 2. The number of amides is 1. The monoisotopic (exact) mass is 231 g/mol. The molecule has 94 valence electrons. The van der Waals surface area contributed by atoms with E-state index in [0.29, 0.717) is 31.9 Å². The first kappa shape index (κ1) is 14.7. The van der Waals surface area contributed by atoms with E-state index >= 15 is 0 Å². The van der Waals surface area contributed by atoms with Gasteiger partial charge in [0.15, 0.2) is 0 Å². The van der Waals surface area contributed by atoms with E-state index in [4.69, 9.17) is 9.84 Å². The van der Waals surface area contributed by atoms with Crippen molar-refractivity contribution in [2.45, 2.75) is 33.6 Å². The predicted molar refractivity (Wildman–Crippen MR) is 60.2 cm³/mol. The smallest absolute Gasteiger partial charge is 0.407 e. The van der Waals surface area contributed by atoms with Crippen LogP contribution in [0.15, 0.2) is 0 Å². The first-order valence-corrected chi connectivity index (χ1v) is 5.57. The van der Waals surface area contributed by atoms with E-state index in [9.17, 15) is 9.59 Å². The van der Waals surface area contributed by atoms with Gasteiger partial charge >= 0.3 is 12.1 Å². The van der Waals surface area contributed by atoms with Crippen LogP contribution >= 0.6 is 0 Å². The normalized spacial score (nSPS) is 12.2. The molecule has 0 aromatic heterocycles. The SMILES string of the molecule is CC(C)COC(=O)NCCCC(C)C(=O)O. The molecule has 1 amide bonds. The van der Waals surface area contributed by atoms with Crippen molar-refractivity contribution in [1.82, 2.24) is 5.32 Å². The van der Waals surface area contributed by atoms with Gasteiger partial charge < -0.3 is 15.2 Å². The molecule has 5 nitrogen and oxygen atoms in total. The second-order valence-corrected chi connectivity index (χ2v) is 4.30. The molecule has 0 aromatic rings. The van der Waals surface area contributed by atoms with Crippen LogP contribution in [0.3, 0.4) is 0 Å². The quantitative estimate of drug-likeness (QED) is 0.656. The maximum absolute atomic E-state index is 11.1.